The van der Waals surface area contributed by atoms with E-state index in [4.69, 9.17) is 4.98 Å². The molecule has 1 amide bonds. The minimum atomic E-state index is -0.317. The fraction of sp³-hybridized carbons (Fsp3) is 0.520. The van der Waals surface area contributed by atoms with Crippen LogP contribution >= 0.6 is 0 Å². The molecule has 5 heterocycles. The van der Waals surface area contributed by atoms with E-state index in [-0.39, 0.29) is 17.5 Å². The summed E-state index contributed by atoms with van der Waals surface area (Å²) in [6, 6.07) is 3.77. The Labute approximate surface area is 200 Å². The standard InChI is InChI=1S/C25H32N8O/c1-17-13-20-23(34)28-16-25(7-3-4-8-25)33(20)22-19(17)15-27-24(30-22)29-21-6-5-18(14-26-21)32-11-9-31(2)10-12-32/h5-6,13-15,20H,3-4,7-12,16H2,1-2H3,(H,28,34)(H,26,27,29,30). The maximum Gasteiger partial charge on any atom is 0.246 e. The van der Waals surface area contributed by atoms with Gasteiger partial charge in [-0.3, -0.25) is 4.79 Å². The summed E-state index contributed by atoms with van der Waals surface area (Å²) in [5.74, 6) is 2.13. The van der Waals surface area contributed by atoms with Crippen molar-refractivity contribution in [3.8, 4) is 0 Å². The van der Waals surface area contributed by atoms with Crippen molar-refractivity contribution in [3.05, 3.63) is 36.2 Å². The Kier molecular flexibility index (Phi) is 5.17. The lowest BCUT2D eigenvalue weighted by molar-refractivity contribution is -0.123. The van der Waals surface area contributed by atoms with Gasteiger partial charge in [0.2, 0.25) is 11.9 Å². The van der Waals surface area contributed by atoms with E-state index in [1.807, 2.05) is 25.4 Å². The second-order valence-electron chi connectivity index (χ2n) is 10.1. The Morgan fingerprint density at radius 2 is 1.88 bits per heavy atom. The molecule has 1 atom stereocenters. The van der Waals surface area contributed by atoms with Crippen molar-refractivity contribution in [3.63, 3.8) is 0 Å². The van der Waals surface area contributed by atoms with Crippen LogP contribution in [0.1, 0.15) is 38.2 Å². The predicted molar refractivity (Wildman–Crippen MR) is 133 cm³/mol. The number of aromatic nitrogens is 3. The van der Waals surface area contributed by atoms with Crippen molar-refractivity contribution in [2.75, 3.05) is 54.9 Å². The number of pyridine rings is 1. The van der Waals surface area contributed by atoms with Gasteiger partial charge in [-0.1, -0.05) is 12.8 Å². The van der Waals surface area contributed by atoms with E-state index in [1.165, 1.54) is 12.8 Å². The normalized spacial score (nSPS) is 23.9. The van der Waals surface area contributed by atoms with Crippen LogP contribution in [0.25, 0.3) is 5.57 Å². The summed E-state index contributed by atoms with van der Waals surface area (Å²) in [5, 5.41) is 6.44. The number of piperazine rings is 2. The van der Waals surface area contributed by atoms with Crippen molar-refractivity contribution < 1.29 is 4.79 Å². The van der Waals surface area contributed by atoms with E-state index >= 15 is 0 Å². The van der Waals surface area contributed by atoms with Gasteiger partial charge in [0, 0.05) is 44.5 Å². The van der Waals surface area contributed by atoms with Crippen LogP contribution < -0.4 is 20.4 Å². The van der Waals surface area contributed by atoms with Crippen molar-refractivity contribution in [2.24, 2.45) is 0 Å². The number of anilines is 4. The highest BCUT2D eigenvalue weighted by Crippen LogP contribution is 2.45. The number of allylic oxidation sites excluding steroid dienone is 1. The maximum atomic E-state index is 12.8. The number of carbonyl (C=O) groups is 1. The Morgan fingerprint density at radius 1 is 1.09 bits per heavy atom. The van der Waals surface area contributed by atoms with E-state index < -0.39 is 0 Å². The number of nitrogens with zero attached hydrogens (tertiary/aromatic N) is 6. The molecule has 0 radical (unpaired) electrons. The molecular weight excluding hydrogens is 428 g/mol. The zero-order valence-corrected chi connectivity index (χ0v) is 19.9. The number of likely N-dealkylation sites (N-methyl/N-ethyl adjacent to an activating group) is 1. The fourth-order valence-electron chi connectivity index (χ4n) is 5.86. The summed E-state index contributed by atoms with van der Waals surface area (Å²) in [7, 11) is 2.16. The lowest BCUT2D eigenvalue weighted by Gasteiger charge is -2.51. The first-order chi connectivity index (χ1) is 16.5. The first-order valence-corrected chi connectivity index (χ1v) is 12.3. The SMILES string of the molecule is CC1=CC2C(=O)NCC3(CCCC3)N2c2nc(Nc3ccc(N4CCN(C)CC4)cn3)ncc21. The summed E-state index contributed by atoms with van der Waals surface area (Å²) in [6.07, 6.45) is 10.3. The van der Waals surface area contributed by atoms with Crippen LogP contribution in [0, 0.1) is 0 Å². The Balaban J connectivity index is 1.27. The Hall–Kier alpha value is -3.20. The number of fused-ring (bicyclic) bond motifs is 4. The average molecular weight is 461 g/mol. The lowest BCUT2D eigenvalue weighted by Crippen LogP contribution is -2.67. The molecule has 1 spiro atoms. The van der Waals surface area contributed by atoms with Crippen LogP contribution in [0.4, 0.5) is 23.3 Å². The molecule has 34 heavy (non-hydrogen) atoms. The van der Waals surface area contributed by atoms with Crippen LogP contribution in [0.2, 0.25) is 0 Å². The molecule has 0 aromatic carbocycles. The van der Waals surface area contributed by atoms with Gasteiger partial charge in [0.1, 0.15) is 17.7 Å². The molecule has 2 N–H and O–H groups in total. The molecule has 1 saturated carbocycles. The first kappa shape index (κ1) is 21.3. The molecule has 178 valence electrons. The van der Waals surface area contributed by atoms with Gasteiger partial charge in [0.15, 0.2) is 0 Å². The van der Waals surface area contributed by atoms with Crippen LogP contribution in [-0.2, 0) is 4.79 Å². The quantitative estimate of drug-likeness (QED) is 0.722. The van der Waals surface area contributed by atoms with Crippen LogP contribution in [0.15, 0.2) is 30.6 Å². The number of hydrogen-bond acceptors (Lipinski definition) is 8. The molecule has 0 bridgehead atoms. The summed E-state index contributed by atoms with van der Waals surface area (Å²) in [4.78, 5) is 33.9. The molecule has 2 aromatic rings. The number of hydrogen-bond donors (Lipinski definition) is 2. The van der Waals surface area contributed by atoms with Crippen molar-refractivity contribution in [1.29, 1.82) is 0 Å². The van der Waals surface area contributed by atoms with E-state index in [0.29, 0.717) is 18.3 Å². The average Bonchev–Trinajstić information content (AvgIpc) is 3.32. The Morgan fingerprint density at radius 3 is 2.62 bits per heavy atom. The highest BCUT2D eigenvalue weighted by Gasteiger charge is 2.50. The van der Waals surface area contributed by atoms with Gasteiger partial charge in [-0.15, -0.1) is 0 Å². The summed E-state index contributed by atoms with van der Waals surface area (Å²) in [5.41, 5.74) is 3.11. The number of carbonyl (C=O) groups excluding carboxylic acids is 1. The molecule has 9 nitrogen and oxygen atoms in total. The summed E-state index contributed by atoms with van der Waals surface area (Å²) >= 11 is 0. The van der Waals surface area contributed by atoms with Crippen LogP contribution in [0.3, 0.4) is 0 Å². The number of amides is 1. The third-order valence-corrected chi connectivity index (χ3v) is 7.87. The minimum absolute atomic E-state index is 0.0526. The zero-order valence-electron chi connectivity index (χ0n) is 19.9. The largest absolute Gasteiger partial charge is 0.368 e. The van der Waals surface area contributed by atoms with E-state index in [0.717, 1.165) is 61.7 Å². The zero-order chi connectivity index (χ0) is 23.3. The smallest absolute Gasteiger partial charge is 0.246 e. The van der Waals surface area contributed by atoms with Gasteiger partial charge in [-0.25, -0.2) is 9.97 Å². The Bertz CT molecular complexity index is 1120. The molecule has 2 aromatic heterocycles. The fourth-order valence-corrected chi connectivity index (χ4v) is 5.86. The topological polar surface area (TPSA) is 89.5 Å². The third kappa shape index (κ3) is 3.58. The van der Waals surface area contributed by atoms with Crippen LogP contribution in [0.5, 0.6) is 0 Å². The highest BCUT2D eigenvalue weighted by atomic mass is 16.2. The highest BCUT2D eigenvalue weighted by molar-refractivity contribution is 5.95. The number of rotatable bonds is 3. The molecule has 4 aliphatic rings. The third-order valence-electron chi connectivity index (χ3n) is 7.87. The van der Waals surface area contributed by atoms with Gasteiger partial charge in [-0.2, -0.15) is 4.98 Å². The van der Waals surface area contributed by atoms with Gasteiger partial charge in [0.25, 0.3) is 0 Å². The number of nitrogens with one attached hydrogen (secondary N) is 2. The molecule has 6 rings (SSSR count). The van der Waals surface area contributed by atoms with E-state index in [1.54, 1.807) is 0 Å². The lowest BCUT2D eigenvalue weighted by atomic mass is 9.86. The van der Waals surface area contributed by atoms with Crippen molar-refractivity contribution in [1.82, 2.24) is 25.2 Å². The molecule has 3 fully saturated rings. The van der Waals surface area contributed by atoms with Crippen LogP contribution in [-0.4, -0.2) is 77.1 Å². The van der Waals surface area contributed by atoms with E-state index in [9.17, 15) is 4.79 Å². The molecular formula is C25H32N8O. The minimum Gasteiger partial charge on any atom is -0.368 e. The maximum absolute atomic E-state index is 12.8. The van der Waals surface area contributed by atoms with Gasteiger partial charge >= 0.3 is 0 Å². The first-order valence-electron chi connectivity index (χ1n) is 12.3. The van der Waals surface area contributed by atoms with Gasteiger partial charge in [-0.05, 0) is 50.6 Å². The molecule has 2 saturated heterocycles. The molecule has 9 heteroatoms. The molecule has 1 unspecified atom stereocenters. The summed E-state index contributed by atoms with van der Waals surface area (Å²) in [6.45, 7) is 6.86. The second kappa shape index (κ2) is 8.23. The summed E-state index contributed by atoms with van der Waals surface area (Å²) < 4.78 is 0. The van der Waals surface area contributed by atoms with Gasteiger partial charge in [0.05, 0.1) is 17.4 Å². The molecule has 1 aliphatic carbocycles. The van der Waals surface area contributed by atoms with Crippen molar-refractivity contribution >= 4 is 34.8 Å². The predicted octanol–water partition coefficient (Wildman–Crippen LogP) is 2.40. The van der Waals surface area contributed by atoms with Gasteiger partial charge < -0.3 is 25.3 Å². The van der Waals surface area contributed by atoms with E-state index in [2.05, 4.69) is 54.5 Å². The second-order valence-corrected chi connectivity index (χ2v) is 10.1. The monoisotopic (exact) mass is 460 g/mol. The van der Waals surface area contributed by atoms with Crippen molar-refractivity contribution in [2.45, 2.75) is 44.2 Å². The molecule has 3 aliphatic heterocycles.